The van der Waals surface area contributed by atoms with E-state index in [0.29, 0.717) is 30.2 Å². The lowest BCUT2D eigenvalue weighted by Gasteiger charge is -2.30. The zero-order valence-corrected chi connectivity index (χ0v) is 9.06. The Labute approximate surface area is 90.5 Å². The van der Waals surface area contributed by atoms with Crippen LogP contribution in [0.3, 0.4) is 0 Å². The Hall–Kier alpha value is -0.570. The monoisotopic (exact) mass is 209 g/mol. The molecule has 3 heteroatoms. The van der Waals surface area contributed by atoms with Crippen molar-refractivity contribution in [2.75, 3.05) is 13.1 Å². The maximum atomic E-state index is 12.1. The number of aliphatic hydroxyl groups is 1. The molecule has 2 aliphatic carbocycles. The van der Waals surface area contributed by atoms with Gasteiger partial charge in [-0.3, -0.25) is 4.79 Å². The molecule has 3 atom stereocenters. The largest absolute Gasteiger partial charge is 0.391 e. The summed E-state index contributed by atoms with van der Waals surface area (Å²) in [7, 11) is 0. The van der Waals surface area contributed by atoms with E-state index in [2.05, 4.69) is 0 Å². The number of hydrogen-bond donors (Lipinski definition) is 1. The van der Waals surface area contributed by atoms with Crippen LogP contribution >= 0.6 is 0 Å². The smallest absolute Gasteiger partial charge is 0.226 e. The standard InChI is InChI=1S/C12H19NO2/c14-8-3-2-6-13(7-8)12(15)11-9-4-1-5-10(9)11/h8-11,14H,1-7H2/t8-,9?,10?,11?/m0/s1. The van der Waals surface area contributed by atoms with Crippen LogP contribution in [0, 0.1) is 17.8 Å². The second-order valence-corrected chi connectivity index (χ2v) is 5.36. The van der Waals surface area contributed by atoms with Crippen molar-refractivity contribution in [3.63, 3.8) is 0 Å². The zero-order chi connectivity index (χ0) is 10.4. The second kappa shape index (κ2) is 3.48. The number of hydrogen-bond acceptors (Lipinski definition) is 2. The first-order valence-electron chi connectivity index (χ1n) is 6.24. The van der Waals surface area contributed by atoms with Crippen LogP contribution in [0.25, 0.3) is 0 Å². The summed E-state index contributed by atoms with van der Waals surface area (Å²) in [5, 5.41) is 9.54. The quantitative estimate of drug-likeness (QED) is 0.700. The predicted octanol–water partition coefficient (Wildman–Crippen LogP) is 1.02. The van der Waals surface area contributed by atoms with Crippen molar-refractivity contribution < 1.29 is 9.90 Å². The van der Waals surface area contributed by atoms with Crippen LogP contribution in [0.1, 0.15) is 32.1 Å². The van der Waals surface area contributed by atoms with Gasteiger partial charge >= 0.3 is 0 Å². The Morgan fingerprint density at radius 3 is 2.53 bits per heavy atom. The first kappa shape index (κ1) is 9.64. The highest BCUT2D eigenvalue weighted by Crippen LogP contribution is 2.58. The number of likely N-dealkylation sites (tertiary alicyclic amines) is 1. The summed E-state index contributed by atoms with van der Waals surface area (Å²) in [4.78, 5) is 14.0. The van der Waals surface area contributed by atoms with E-state index in [1.807, 2.05) is 4.90 Å². The van der Waals surface area contributed by atoms with Crippen LogP contribution < -0.4 is 0 Å². The van der Waals surface area contributed by atoms with Crippen molar-refractivity contribution in [3.8, 4) is 0 Å². The molecule has 0 aromatic carbocycles. The second-order valence-electron chi connectivity index (χ2n) is 5.36. The van der Waals surface area contributed by atoms with Gasteiger partial charge in [0.15, 0.2) is 0 Å². The van der Waals surface area contributed by atoms with Crippen LogP contribution in [0.4, 0.5) is 0 Å². The molecule has 3 aliphatic rings. The molecule has 1 amide bonds. The number of β-amino-alcohol motifs (C(OH)–C–C–N with tert-alkyl or cyclic N) is 1. The molecule has 15 heavy (non-hydrogen) atoms. The van der Waals surface area contributed by atoms with E-state index in [1.165, 1.54) is 19.3 Å². The van der Waals surface area contributed by atoms with E-state index in [-0.39, 0.29) is 6.10 Å². The summed E-state index contributed by atoms with van der Waals surface area (Å²) in [6, 6.07) is 0. The average Bonchev–Trinajstić information content (AvgIpc) is 2.70. The maximum absolute atomic E-state index is 12.1. The first-order chi connectivity index (χ1) is 7.27. The Morgan fingerprint density at radius 1 is 1.13 bits per heavy atom. The number of nitrogens with zero attached hydrogens (tertiary/aromatic N) is 1. The summed E-state index contributed by atoms with van der Waals surface area (Å²) in [6.45, 7) is 1.45. The van der Waals surface area contributed by atoms with Gasteiger partial charge in [0, 0.05) is 19.0 Å². The van der Waals surface area contributed by atoms with Crippen molar-refractivity contribution in [3.05, 3.63) is 0 Å². The fraction of sp³-hybridized carbons (Fsp3) is 0.917. The molecule has 0 radical (unpaired) electrons. The molecule has 1 aliphatic heterocycles. The van der Waals surface area contributed by atoms with E-state index < -0.39 is 0 Å². The maximum Gasteiger partial charge on any atom is 0.226 e. The Morgan fingerprint density at radius 2 is 1.87 bits per heavy atom. The highest BCUT2D eigenvalue weighted by Gasteiger charge is 2.57. The Kier molecular flexibility index (Phi) is 2.23. The summed E-state index contributed by atoms with van der Waals surface area (Å²) < 4.78 is 0. The minimum absolute atomic E-state index is 0.277. The number of fused-ring (bicyclic) bond motifs is 1. The minimum Gasteiger partial charge on any atom is -0.391 e. The average molecular weight is 209 g/mol. The minimum atomic E-state index is -0.277. The van der Waals surface area contributed by atoms with Crippen molar-refractivity contribution in [2.24, 2.45) is 17.8 Å². The highest BCUT2D eigenvalue weighted by atomic mass is 16.3. The van der Waals surface area contributed by atoms with Crippen LogP contribution in [0.15, 0.2) is 0 Å². The van der Waals surface area contributed by atoms with Crippen LogP contribution in [-0.4, -0.2) is 35.1 Å². The molecule has 0 spiro atoms. The van der Waals surface area contributed by atoms with Gasteiger partial charge < -0.3 is 10.0 Å². The van der Waals surface area contributed by atoms with Gasteiger partial charge in [-0.05, 0) is 37.5 Å². The molecule has 0 bridgehead atoms. The number of carbonyl (C=O) groups excluding carboxylic acids is 1. The number of rotatable bonds is 1. The summed E-state index contributed by atoms with van der Waals surface area (Å²) >= 11 is 0. The van der Waals surface area contributed by atoms with Crippen LogP contribution in [0.5, 0.6) is 0 Å². The lowest BCUT2D eigenvalue weighted by atomic mass is 10.1. The Bertz CT molecular complexity index is 269. The number of piperidine rings is 1. The fourth-order valence-electron chi connectivity index (χ4n) is 3.55. The number of carbonyl (C=O) groups is 1. The molecule has 2 saturated carbocycles. The third kappa shape index (κ3) is 1.57. The molecule has 0 aromatic heterocycles. The van der Waals surface area contributed by atoms with Crippen molar-refractivity contribution in [2.45, 2.75) is 38.2 Å². The van der Waals surface area contributed by atoms with Crippen molar-refractivity contribution in [1.29, 1.82) is 0 Å². The van der Waals surface area contributed by atoms with Gasteiger partial charge in [0.25, 0.3) is 0 Å². The molecular formula is C12H19NO2. The Balaban J connectivity index is 1.60. The highest BCUT2D eigenvalue weighted by molar-refractivity contribution is 5.82. The molecule has 3 fully saturated rings. The summed E-state index contributed by atoms with van der Waals surface area (Å²) in [6.07, 6.45) is 5.40. The van der Waals surface area contributed by atoms with Gasteiger partial charge in [0.05, 0.1) is 6.10 Å². The van der Waals surface area contributed by atoms with Crippen molar-refractivity contribution >= 4 is 5.91 Å². The van der Waals surface area contributed by atoms with Gasteiger partial charge in [-0.25, -0.2) is 0 Å². The molecule has 2 unspecified atom stereocenters. The zero-order valence-electron chi connectivity index (χ0n) is 9.06. The van der Waals surface area contributed by atoms with E-state index in [4.69, 9.17) is 0 Å². The van der Waals surface area contributed by atoms with E-state index >= 15 is 0 Å². The molecule has 1 saturated heterocycles. The van der Waals surface area contributed by atoms with Gasteiger partial charge in [0.1, 0.15) is 0 Å². The van der Waals surface area contributed by atoms with Gasteiger partial charge in [-0.1, -0.05) is 6.42 Å². The molecule has 1 heterocycles. The molecule has 1 N–H and O–H groups in total. The lowest BCUT2D eigenvalue weighted by Crippen LogP contribution is -2.43. The van der Waals surface area contributed by atoms with Crippen molar-refractivity contribution in [1.82, 2.24) is 4.90 Å². The SMILES string of the molecule is O=C(C1C2CCCC21)N1CCC[C@H](O)C1. The third-order valence-corrected chi connectivity index (χ3v) is 4.40. The van der Waals surface area contributed by atoms with E-state index in [1.54, 1.807) is 0 Å². The topological polar surface area (TPSA) is 40.5 Å². The van der Waals surface area contributed by atoms with Crippen LogP contribution in [-0.2, 0) is 4.79 Å². The molecule has 3 rings (SSSR count). The predicted molar refractivity (Wildman–Crippen MR) is 56.1 cm³/mol. The fourth-order valence-corrected chi connectivity index (χ4v) is 3.55. The summed E-state index contributed by atoms with van der Waals surface area (Å²) in [5.74, 6) is 2.08. The lowest BCUT2D eigenvalue weighted by molar-refractivity contribution is -0.136. The molecular weight excluding hydrogens is 190 g/mol. The number of aliphatic hydroxyl groups excluding tert-OH is 1. The molecule has 3 nitrogen and oxygen atoms in total. The number of amides is 1. The van der Waals surface area contributed by atoms with E-state index in [9.17, 15) is 9.90 Å². The van der Waals surface area contributed by atoms with Crippen LogP contribution in [0.2, 0.25) is 0 Å². The van der Waals surface area contributed by atoms with E-state index in [0.717, 1.165) is 19.4 Å². The normalized spacial score (nSPS) is 43.9. The first-order valence-corrected chi connectivity index (χ1v) is 6.24. The van der Waals surface area contributed by atoms with Gasteiger partial charge in [-0.15, -0.1) is 0 Å². The molecule has 0 aromatic rings. The van der Waals surface area contributed by atoms with Gasteiger partial charge in [0.2, 0.25) is 5.91 Å². The van der Waals surface area contributed by atoms with Gasteiger partial charge in [-0.2, -0.15) is 0 Å². The third-order valence-electron chi connectivity index (χ3n) is 4.40. The molecule has 84 valence electrons. The summed E-state index contributed by atoms with van der Waals surface area (Å²) in [5.41, 5.74) is 0.